The number of nitrogens with one attached hydrogen (secondary N) is 3. The number of aryl methyl sites for hydroxylation is 2. The molecule has 5 aromatic rings. The van der Waals surface area contributed by atoms with E-state index in [1.807, 2.05) is 11.7 Å². The van der Waals surface area contributed by atoms with Crippen molar-refractivity contribution < 1.29 is 27.8 Å². The van der Waals surface area contributed by atoms with Crippen molar-refractivity contribution in [3.8, 4) is 5.75 Å². The summed E-state index contributed by atoms with van der Waals surface area (Å²) in [5, 5.41) is 15.3. The Morgan fingerprint density at radius 2 is 1.78 bits per heavy atom. The number of amides is 2. The lowest BCUT2D eigenvalue weighted by Crippen LogP contribution is -2.52. The highest BCUT2D eigenvalue weighted by atomic mass is 35.5. The van der Waals surface area contributed by atoms with Crippen LogP contribution >= 0.6 is 11.6 Å². The molecule has 5 aliphatic rings. The predicted molar refractivity (Wildman–Crippen MR) is 236 cm³/mol. The molecule has 0 spiro atoms. The molecule has 63 heavy (non-hydrogen) atoms. The molecule has 7 heterocycles. The van der Waals surface area contributed by atoms with Gasteiger partial charge in [-0.1, -0.05) is 11.6 Å². The molecule has 0 bridgehead atoms. The van der Waals surface area contributed by atoms with E-state index in [1.165, 1.54) is 4.57 Å². The van der Waals surface area contributed by atoms with Crippen LogP contribution < -0.4 is 36.0 Å². The van der Waals surface area contributed by atoms with Gasteiger partial charge in [0.15, 0.2) is 12.4 Å². The normalized spacial score (nSPS) is 24.2. The van der Waals surface area contributed by atoms with Crippen LogP contribution in [0.2, 0.25) is 5.02 Å². The second-order valence-corrected chi connectivity index (χ2v) is 18.0. The lowest BCUT2D eigenvalue weighted by atomic mass is 9.92. The first-order valence-electron chi connectivity index (χ1n) is 21.6. The van der Waals surface area contributed by atoms with E-state index in [9.17, 15) is 14.4 Å². The summed E-state index contributed by atoms with van der Waals surface area (Å²) in [6, 6.07) is 10.5. The van der Waals surface area contributed by atoms with Crippen molar-refractivity contribution in [1.82, 2.24) is 34.5 Å². The number of anilines is 5. The zero-order valence-corrected chi connectivity index (χ0v) is 36.1. The van der Waals surface area contributed by atoms with Gasteiger partial charge in [0.25, 0.3) is 5.56 Å². The molecule has 3 saturated heterocycles. The van der Waals surface area contributed by atoms with Gasteiger partial charge in [0, 0.05) is 102 Å². The van der Waals surface area contributed by atoms with Gasteiger partial charge < -0.3 is 34.5 Å². The first kappa shape index (κ1) is 41.4. The highest BCUT2D eigenvalue weighted by Crippen LogP contribution is 2.46. The van der Waals surface area contributed by atoms with E-state index in [-0.39, 0.29) is 35.3 Å². The fourth-order valence-electron chi connectivity index (χ4n) is 9.85. The van der Waals surface area contributed by atoms with Crippen LogP contribution in [0.25, 0.3) is 21.8 Å². The topological polar surface area (TPSA) is 164 Å². The number of pyridine rings is 1. The van der Waals surface area contributed by atoms with Crippen LogP contribution in [0.5, 0.6) is 5.75 Å². The quantitative estimate of drug-likeness (QED) is 0.170. The Morgan fingerprint density at radius 1 is 0.968 bits per heavy atom. The Kier molecular flexibility index (Phi) is 10.6. The van der Waals surface area contributed by atoms with Crippen LogP contribution in [0.15, 0.2) is 47.4 Å². The summed E-state index contributed by atoms with van der Waals surface area (Å²) in [7, 11) is 5.24. The number of piperazine rings is 1. The molecule has 2 amide bonds. The fourth-order valence-corrected chi connectivity index (χ4v) is 9.98. The number of carbonyl (C=O) groups is 2. The summed E-state index contributed by atoms with van der Waals surface area (Å²) < 4.78 is 45.2. The van der Waals surface area contributed by atoms with Gasteiger partial charge >= 0.3 is 5.92 Å². The number of ether oxygens (including phenoxy) is 2. The average molecular weight is 886 g/mol. The molecule has 16 nitrogen and oxygen atoms in total. The smallest absolute Gasteiger partial charge is 0.301 e. The summed E-state index contributed by atoms with van der Waals surface area (Å²) in [6.45, 7) is 4.91. The van der Waals surface area contributed by atoms with Crippen molar-refractivity contribution in [3.05, 3.63) is 63.7 Å². The van der Waals surface area contributed by atoms with Gasteiger partial charge in [0.1, 0.15) is 5.02 Å². The SMILES string of the molecule is COC1CN(c2ncc(Cl)c(Nc3ccc4c(c3)c3c(c(=O)n4C)OCC(F)(F)C(C4CC4)N3)n2)CCC1CN1CCN(c2ccc3c(C4CCC(=O)NC4=O)nn(C)c3c2)CC1. The number of hydrogen-bond donors (Lipinski definition) is 3. The predicted octanol–water partition coefficient (Wildman–Crippen LogP) is 5.01. The first-order valence-corrected chi connectivity index (χ1v) is 22.0. The second-order valence-electron chi connectivity index (χ2n) is 17.6. The first-order chi connectivity index (χ1) is 30.3. The Bertz CT molecular complexity index is 2680. The third kappa shape index (κ3) is 7.79. The van der Waals surface area contributed by atoms with E-state index >= 15 is 8.78 Å². The maximum Gasteiger partial charge on any atom is 0.301 e. The van der Waals surface area contributed by atoms with Crippen molar-refractivity contribution in [1.29, 1.82) is 0 Å². The van der Waals surface area contributed by atoms with Gasteiger partial charge in [0.2, 0.25) is 23.5 Å². The fraction of sp³-hybridized carbons (Fsp3) is 0.500. The standard InChI is InChI=1S/C44H50ClF2N11O5/c1-54-32-10-6-26(18-30(32)37-38(42(54)61)63-23-44(46,47)39(51-37)24-4-5-24)49-40-31(45)20-48-43(52-40)58-13-12-25(34(22-58)62-3)21-56-14-16-57(17-15-56)27-7-8-28-33(19-27)55(2)53-36(28)29-9-11-35(59)50-41(29)60/h6-8,10,18-20,24-25,29,34,39,51H,4-5,9,11-17,21-23H2,1-3H3,(H,48,49,52)(H,50,59,60). The summed E-state index contributed by atoms with van der Waals surface area (Å²) in [6.07, 6.45) is 4.56. The number of imide groups is 1. The Morgan fingerprint density at radius 3 is 2.54 bits per heavy atom. The van der Waals surface area contributed by atoms with Gasteiger partial charge in [-0.05, 0) is 68.0 Å². The number of alkyl halides is 2. The molecular weight excluding hydrogens is 836 g/mol. The monoisotopic (exact) mass is 885 g/mol. The molecule has 10 rings (SSSR count). The molecule has 2 aromatic carbocycles. The molecule has 332 valence electrons. The third-order valence-electron chi connectivity index (χ3n) is 13.5. The van der Waals surface area contributed by atoms with Crippen LogP contribution in [0, 0.1) is 11.8 Å². The summed E-state index contributed by atoms with van der Waals surface area (Å²) in [4.78, 5) is 54.1. The lowest BCUT2D eigenvalue weighted by Gasteiger charge is -2.42. The molecule has 1 aliphatic carbocycles. The molecule has 3 aromatic heterocycles. The van der Waals surface area contributed by atoms with E-state index in [4.69, 9.17) is 31.2 Å². The van der Waals surface area contributed by atoms with Crippen LogP contribution in [0.3, 0.4) is 0 Å². The molecule has 4 fully saturated rings. The van der Waals surface area contributed by atoms with Crippen molar-refractivity contribution in [2.75, 3.05) is 80.0 Å². The van der Waals surface area contributed by atoms with E-state index in [2.05, 4.69) is 53.8 Å². The number of halogens is 3. The molecule has 0 radical (unpaired) electrons. The largest absolute Gasteiger partial charge is 0.480 e. The Labute approximate surface area is 366 Å². The van der Waals surface area contributed by atoms with Gasteiger partial charge in [-0.3, -0.25) is 29.3 Å². The maximum absolute atomic E-state index is 15.2. The van der Waals surface area contributed by atoms with Crippen molar-refractivity contribution in [2.45, 2.75) is 56.1 Å². The Balaban J connectivity index is 0.788. The van der Waals surface area contributed by atoms with Crippen molar-refractivity contribution >= 4 is 74.0 Å². The van der Waals surface area contributed by atoms with Gasteiger partial charge in [-0.15, -0.1) is 0 Å². The van der Waals surface area contributed by atoms with E-state index in [1.54, 1.807) is 38.6 Å². The second kappa shape index (κ2) is 16.2. The number of fused-ring (bicyclic) bond motifs is 4. The summed E-state index contributed by atoms with van der Waals surface area (Å²) in [5.74, 6) is -3.21. The molecular formula is C44H50ClF2N11O5. The molecule has 4 unspecified atom stereocenters. The van der Waals surface area contributed by atoms with Crippen LogP contribution in [-0.2, 0) is 28.4 Å². The number of nitrogens with zero attached hydrogens (tertiary/aromatic N) is 8. The molecule has 1 saturated carbocycles. The minimum atomic E-state index is -3.14. The molecule has 19 heteroatoms. The maximum atomic E-state index is 15.2. The Hall–Kier alpha value is -5.59. The lowest BCUT2D eigenvalue weighted by molar-refractivity contribution is -0.134. The number of methoxy groups -OCH3 is 1. The minimum absolute atomic E-state index is 0.0535. The van der Waals surface area contributed by atoms with E-state index in [0.29, 0.717) is 77.2 Å². The van der Waals surface area contributed by atoms with Crippen LogP contribution in [-0.4, -0.2) is 119 Å². The highest BCUT2D eigenvalue weighted by Gasteiger charge is 2.51. The van der Waals surface area contributed by atoms with Crippen LogP contribution in [0.4, 0.5) is 37.6 Å². The zero-order valence-electron chi connectivity index (χ0n) is 35.4. The molecule has 4 atom stereocenters. The van der Waals surface area contributed by atoms with Crippen molar-refractivity contribution in [2.24, 2.45) is 25.9 Å². The number of carbonyl (C=O) groups excluding carboxylic acids is 2. The summed E-state index contributed by atoms with van der Waals surface area (Å²) in [5.41, 5.74) is 3.73. The minimum Gasteiger partial charge on any atom is -0.480 e. The number of benzene rings is 2. The summed E-state index contributed by atoms with van der Waals surface area (Å²) >= 11 is 6.66. The third-order valence-corrected chi connectivity index (χ3v) is 13.8. The average Bonchev–Trinajstić information content (AvgIpc) is 4.08. The highest BCUT2D eigenvalue weighted by molar-refractivity contribution is 6.33. The van der Waals surface area contributed by atoms with Gasteiger partial charge in [-0.2, -0.15) is 10.1 Å². The number of hydrogen-bond acceptors (Lipinski definition) is 13. The van der Waals surface area contributed by atoms with Gasteiger partial charge in [0.05, 0.1) is 46.7 Å². The zero-order chi connectivity index (χ0) is 43.7. The number of piperidine rings is 2. The number of aromatic nitrogens is 5. The number of rotatable bonds is 9. The molecule has 4 aliphatic heterocycles. The van der Waals surface area contributed by atoms with Crippen LogP contribution in [0.1, 0.15) is 43.7 Å². The van der Waals surface area contributed by atoms with Crippen molar-refractivity contribution in [3.63, 3.8) is 0 Å². The van der Waals surface area contributed by atoms with E-state index in [0.717, 1.165) is 62.3 Å². The van der Waals surface area contributed by atoms with E-state index < -0.39 is 30.0 Å². The van der Waals surface area contributed by atoms with Gasteiger partial charge in [-0.25, -0.2) is 13.8 Å². The molecule has 3 N–H and O–H groups in total.